The van der Waals surface area contributed by atoms with E-state index < -0.39 is 0 Å². The van der Waals surface area contributed by atoms with Gasteiger partial charge < -0.3 is 5.32 Å². The van der Waals surface area contributed by atoms with E-state index in [2.05, 4.69) is 50.3 Å². The van der Waals surface area contributed by atoms with Gasteiger partial charge in [-0.05, 0) is 52.7 Å². The van der Waals surface area contributed by atoms with Crippen molar-refractivity contribution in [3.63, 3.8) is 0 Å². The third kappa shape index (κ3) is 2.58. The van der Waals surface area contributed by atoms with Crippen LogP contribution in [0.5, 0.6) is 0 Å². The molecule has 0 saturated carbocycles. The van der Waals surface area contributed by atoms with Crippen molar-refractivity contribution in [2.45, 2.75) is 6.92 Å². The van der Waals surface area contributed by atoms with E-state index in [0.717, 1.165) is 26.9 Å². The molecular formula is C15H12BrN3. The van der Waals surface area contributed by atoms with Crippen LogP contribution in [0.15, 0.2) is 53.3 Å². The van der Waals surface area contributed by atoms with Crippen LogP contribution in [-0.4, -0.2) is 9.97 Å². The number of fused-ring (bicyclic) bond motifs is 1. The Morgan fingerprint density at radius 3 is 2.84 bits per heavy atom. The highest BCUT2D eigenvalue weighted by Gasteiger charge is 2.04. The fourth-order valence-electron chi connectivity index (χ4n) is 1.98. The van der Waals surface area contributed by atoms with Gasteiger partial charge in [-0.3, -0.25) is 9.97 Å². The van der Waals surface area contributed by atoms with Crippen LogP contribution in [0.4, 0.5) is 11.4 Å². The lowest BCUT2D eigenvalue weighted by Gasteiger charge is -2.09. The summed E-state index contributed by atoms with van der Waals surface area (Å²) in [5.41, 5.74) is 4.97. The van der Waals surface area contributed by atoms with Crippen LogP contribution in [0.1, 0.15) is 5.56 Å². The number of hydrogen-bond donors (Lipinski definition) is 1. The van der Waals surface area contributed by atoms with Crippen LogP contribution >= 0.6 is 15.9 Å². The molecule has 0 bridgehead atoms. The van der Waals surface area contributed by atoms with Gasteiger partial charge in [0.05, 0.1) is 11.2 Å². The third-order valence-electron chi connectivity index (χ3n) is 2.84. The number of nitrogens with zero attached hydrogens (tertiary/aromatic N) is 2. The molecule has 1 aromatic carbocycles. The molecule has 0 aliphatic carbocycles. The van der Waals surface area contributed by atoms with E-state index in [1.54, 1.807) is 12.4 Å². The average Bonchev–Trinajstić information content (AvgIpc) is 2.38. The topological polar surface area (TPSA) is 37.8 Å². The second-order valence-electron chi connectivity index (χ2n) is 4.37. The minimum absolute atomic E-state index is 0.868. The first-order chi connectivity index (χ1) is 9.22. The Bertz CT molecular complexity index is 740. The Kier molecular flexibility index (Phi) is 3.17. The van der Waals surface area contributed by atoms with Gasteiger partial charge in [-0.1, -0.05) is 12.1 Å². The first-order valence-electron chi connectivity index (χ1n) is 5.96. The average molecular weight is 314 g/mol. The minimum atomic E-state index is 0.868. The molecule has 0 amide bonds. The maximum atomic E-state index is 4.43. The number of benzene rings is 1. The summed E-state index contributed by atoms with van der Waals surface area (Å²) in [7, 11) is 0. The molecule has 0 aliphatic rings. The maximum absolute atomic E-state index is 4.43. The summed E-state index contributed by atoms with van der Waals surface area (Å²) in [4.78, 5) is 8.76. The van der Waals surface area contributed by atoms with Crippen LogP contribution < -0.4 is 5.32 Å². The Labute approximate surface area is 119 Å². The maximum Gasteiger partial charge on any atom is 0.112 e. The molecule has 0 spiro atoms. The molecule has 0 saturated heterocycles. The summed E-state index contributed by atoms with van der Waals surface area (Å²) in [6, 6.07) is 12.1. The van der Waals surface area contributed by atoms with E-state index in [4.69, 9.17) is 0 Å². The van der Waals surface area contributed by atoms with Crippen molar-refractivity contribution in [2.75, 3.05) is 5.32 Å². The number of hydrogen-bond acceptors (Lipinski definition) is 3. The van der Waals surface area contributed by atoms with Gasteiger partial charge in [-0.25, -0.2) is 0 Å². The zero-order chi connectivity index (χ0) is 13.2. The molecule has 19 heavy (non-hydrogen) atoms. The van der Waals surface area contributed by atoms with Gasteiger partial charge in [-0.15, -0.1) is 0 Å². The fourth-order valence-corrected chi connectivity index (χ4v) is 2.30. The number of aryl methyl sites for hydroxylation is 1. The second kappa shape index (κ2) is 4.97. The summed E-state index contributed by atoms with van der Waals surface area (Å²) < 4.78 is 0.931. The van der Waals surface area contributed by atoms with E-state index in [1.807, 2.05) is 24.3 Å². The number of pyridine rings is 2. The number of anilines is 2. The minimum Gasteiger partial charge on any atom is -0.354 e. The Hall–Kier alpha value is -1.94. The van der Waals surface area contributed by atoms with Crippen molar-refractivity contribution in [1.82, 2.24) is 9.97 Å². The number of halogens is 1. The quantitative estimate of drug-likeness (QED) is 0.759. The normalized spacial score (nSPS) is 10.6. The highest BCUT2D eigenvalue weighted by Crippen LogP contribution is 2.25. The molecule has 0 fully saturated rings. The van der Waals surface area contributed by atoms with Crippen LogP contribution in [0.25, 0.3) is 11.0 Å². The first kappa shape index (κ1) is 12.1. The predicted octanol–water partition coefficient (Wildman–Crippen LogP) is 4.44. The molecule has 2 aromatic heterocycles. The van der Waals surface area contributed by atoms with E-state index >= 15 is 0 Å². The molecule has 0 aliphatic heterocycles. The molecule has 2 heterocycles. The summed E-state index contributed by atoms with van der Waals surface area (Å²) >= 11 is 3.41. The van der Waals surface area contributed by atoms with E-state index in [-0.39, 0.29) is 0 Å². The van der Waals surface area contributed by atoms with Gasteiger partial charge in [0, 0.05) is 22.6 Å². The lowest BCUT2D eigenvalue weighted by atomic mass is 10.2. The summed E-state index contributed by atoms with van der Waals surface area (Å²) in [6.45, 7) is 2.07. The molecule has 0 radical (unpaired) electrons. The highest BCUT2D eigenvalue weighted by atomic mass is 79.9. The Morgan fingerprint density at radius 1 is 1.11 bits per heavy atom. The van der Waals surface area contributed by atoms with Crippen molar-refractivity contribution >= 4 is 38.3 Å². The van der Waals surface area contributed by atoms with E-state index in [0.29, 0.717) is 0 Å². The molecule has 94 valence electrons. The molecule has 3 nitrogen and oxygen atoms in total. The van der Waals surface area contributed by atoms with Crippen molar-refractivity contribution < 1.29 is 0 Å². The molecular weight excluding hydrogens is 302 g/mol. The fraction of sp³-hybridized carbons (Fsp3) is 0.0667. The van der Waals surface area contributed by atoms with Crippen molar-refractivity contribution in [2.24, 2.45) is 0 Å². The lowest BCUT2D eigenvalue weighted by molar-refractivity contribution is 1.32. The second-order valence-corrected chi connectivity index (χ2v) is 5.29. The largest absolute Gasteiger partial charge is 0.354 e. The van der Waals surface area contributed by atoms with Crippen LogP contribution in [-0.2, 0) is 0 Å². The van der Waals surface area contributed by atoms with Crippen LogP contribution in [0, 0.1) is 6.92 Å². The third-order valence-corrected chi connectivity index (χ3v) is 3.27. The molecule has 3 aromatic rings. The van der Waals surface area contributed by atoms with E-state index in [9.17, 15) is 0 Å². The van der Waals surface area contributed by atoms with Gasteiger partial charge in [0.2, 0.25) is 0 Å². The Balaban J connectivity index is 2.06. The number of nitrogens with one attached hydrogen (secondary N) is 1. The van der Waals surface area contributed by atoms with Gasteiger partial charge >= 0.3 is 0 Å². The van der Waals surface area contributed by atoms with Crippen molar-refractivity contribution in [3.05, 3.63) is 58.8 Å². The smallest absolute Gasteiger partial charge is 0.112 e. The van der Waals surface area contributed by atoms with Gasteiger partial charge in [0.15, 0.2) is 0 Å². The highest BCUT2D eigenvalue weighted by molar-refractivity contribution is 9.10. The zero-order valence-electron chi connectivity index (χ0n) is 10.4. The summed E-state index contributed by atoms with van der Waals surface area (Å²) in [5, 5.41) is 3.39. The van der Waals surface area contributed by atoms with Crippen molar-refractivity contribution in [1.29, 1.82) is 0 Å². The molecule has 3 rings (SSSR count). The molecule has 0 unspecified atom stereocenters. The number of rotatable bonds is 2. The first-order valence-corrected chi connectivity index (χ1v) is 6.75. The molecule has 0 atom stereocenters. The van der Waals surface area contributed by atoms with E-state index in [1.165, 1.54) is 5.56 Å². The monoisotopic (exact) mass is 313 g/mol. The van der Waals surface area contributed by atoms with Gasteiger partial charge in [-0.2, -0.15) is 0 Å². The lowest BCUT2D eigenvalue weighted by Crippen LogP contribution is -1.94. The zero-order valence-corrected chi connectivity index (χ0v) is 12.0. The predicted molar refractivity (Wildman–Crippen MR) is 81.7 cm³/mol. The summed E-state index contributed by atoms with van der Waals surface area (Å²) in [5.74, 6) is 0. The SMILES string of the molecule is Cc1cccc(Nc2ccnc3cc(Br)cnc23)c1. The Morgan fingerprint density at radius 2 is 2.00 bits per heavy atom. The van der Waals surface area contributed by atoms with Gasteiger partial charge in [0.1, 0.15) is 5.52 Å². The standard InChI is InChI=1S/C15H12BrN3/c1-10-3-2-4-12(7-10)19-13-5-6-17-14-8-11(16)9-18-15(13)14/h2-9H,1H3,(H,17,19). The van der Waals surface area contributed by atoms with Crippen LogP contribution in [0.2, 0.25) is 0 Å². The van der Waals surface area contributed by atoms with Gasteiger partial charge in [0.25, 0.3) is 0 Å². The molecule has 1 N–H and O–H groups in total. The molecule has 4 heteroatoms. The van der Waals surface area contributed by atoms with Crippen LogP contribution in [0.3, 0.4) is 0 Å². The van der Waals surface area contributed by atoms with Crippen molar-refractivity contribution in [3.8, 4) is 0 Å². The number of aromatic nitrogens is 2. The summed E-state index contributed by atoms with van der Waals surface area (Å²) in [6.07, 6.45) is 3.57.